The van der Waals surface area contributed by atoms with Crippen LogP contribution in [0.1, 0.15) is 18.0 Å². The lowest BCUT2D eigenvalue weighted by atomic mass is 10.0. The molecule has 1 aliphatic heterocycles. The summed E-state index contributed by atoms with van der Waals surface area (Å²) in [6, 6.07) is 13.7. The van der Waals surface area contributed by atoms with E-state index in [0.717, 1.165) is 5.56 Å². The number of sulfonamides is 1. The Morgan fingerprint density at radius 2 is 1.71 bits per heavy atom. The number of rotatable bonds is 4. The molecule has 0 radical (unpaired) electrons. The number of non-ortho nitro benzene ring substituents is 1. The third-order valence-corrected chi connectivity index (χ3v) is 6.02. The van der Waals surface area contributed by atoms with E-state index in [1.165, 1.54) is 28.6 Å². The van der Waals surface area contributed by atoms with Gasteiger partial charge in [-0.1, -0.05) is 30.3 Å². The lowest BCUT2D eigenvalue weighted by Gasteiger charge is -2.24. The van der Waals surface area contributed by atoms with Gasteiger partial charge in [0, 0.05) is 24.7 Å². The van der Waals surface area contributed by atoms with Crippen molar-refractivity contribution in [2.45, 2.75) is 23.4 Å². The van der Waals surface area contributed by atoms with Gasteiger partial charge in [0.2, 0.25) is 10.0 Å². The largest absolute Gasteiger partial charge is 0.326 e. The van der Waals surface area contributed by atoms with Crippen LogP contribution in [0.25, 0.3) is 0 Å². The molecule has 2 aromatic carbocycles. The quantitative estimate of drug-likeness (QED) is 0.673. The van der Waals surface area contributed by atoms with Gasteiger partial charge in [0.25, 0.3) is 5.69 Å². The maximum Gasteiger partial charge on any atom is 0.269 e. The minimum atomic E-state index is -3.78. The highest BCUT2D eigenvalue weighted by molar-refractivity contribution is 7.89. The van der Waals surface area contributed by atoms with E-state index >= 15 is 0 Å². The van der Waals surface area contributed by atoms with Gasteiger partial charge < -0.3 is 5.73 Å². The van der Waals surface area contributed by atoms with Crippen LogP contribution >= 0.6 is 0 Å². The topological polar surface area (TPSA) is 107 Å². The van der Waals surface area contributed by atoms with E-state index in [0.29, 0.717) is 6.42 Å². The molecule has 24 heavy (non-hydrogen) atoms. The van der Waals surface area contributed by atoms with Crippen molar-refractivity contribution in [3.63, 3.8) is 0 Å². The van der Waals surface area contributed by atoms with E-state index in [-0.39, 0.29) is 29.2 Å². The minimum Gasteiger partial charge on any atom is -0.326 e. The highest BCUT2D eigenvalue weighted by Gasteiger charge is 2.39. The van der Waals surface area contributed by atoms with Gasteiger partial charge in [-0.25, -0.2) is 8.42 Å². The Bertz CT molecular complexity index is 837. The summed E-state index contributed by atoms with van der Waals surface area (Å²) in [6.45, 7) is 0.221. The van der Waals surface area contributed by atoms with E-state index < -0.39 is 14.9 Å². The van der Waals surface area contributed by atoms with E-state index in [2.05, 4.69) is 0 Å². The summed E-state index contributed by atoms with van der Waals surface area (Å²) >= 11 is 0. The molecule has 7 nitrogen and oxygen atoms in total. The molecule has 0 bridgehead atoms. The Morgan fingerprint density at radius 1 is 1.08 bits per heavy atom. The molecule has 1 heterocycles. The van der Waals surface area contributed by atoms with Crippen LogP contribution in [-0.4, -0.2) is 30.2 Å². The van der Waals surface area contributed by atoms with Crippen molar-refractivity contribution < 1.29 is 13.3 Å². The Labute approximate surface area is 139 Å². The normalized spacial score (nSPS) is 21.7. The summed E-state index contributed by atoms with van der Waals surface area (Å²) in [6.07, 6.45) is 0.538. The van der Waals surface area contributed by atoms with E-state index in [1.54, 1.807) is 0 Å². The van der Waals surface area contributed by atoms with Crippen LogP contribution in [0.5, 0.6) is 0 Å². The Hall–Kier alpha value is -2.29. The molecule has 126 valence electrons. The average Bonchev–Trinajstić information content (AvgIpc) is 2.98. The van der Waals surface area contributed by atoms with Crippen molar-refractivity contribution in [2.24, 2.45) is 5.73 Å². The van der Waals surface area contributed by atoms with E-state index in [4.69, 9.17) is 5.73 Å². The molecule has 0 spiro atoms. The number of nitrogens with zero attached hydrogens (tertiary/aromatic N) is 2. The zero-order valence-corrected chi connectivity index (χ0v) is 13.6. The summed E-state index contributed by atoms with van der Waals surface area (Å²) in [4.78, 5) is 10.2. The molecule has 0 unspecified atom stereocenters. The molecule has 0 aliphatic carbocycles. The molecule has 0 saturated carbocycles. The van der Waals surface area contributed by atoms with Gasteiger partial charge in [-0.2, -0.15) is 4.31 Å². The zero-order chi connectivity index (χ0) is 17.3. The van der Waals surface area contributed by atoms with Crippen LogP contribution < -0.4 is 5.73 Å². The molecule has 2 N–H and O–H groups in total. The van der Waals surface area contributed by atoms with Crippen molar-refractivity contribution in [3.05, 3.63) is 70.3 Å². The minimum absolute atomic E-state index is 0.0307. The van der Waals surface area contributed by atoms with E-state index in [9.17, 15) is 18.5 Å². The number of nitrogens with two attached hydrogens (primary N) is 1. The Kier molecular flexibility index (Phi) is 4.35. The fourth-order valence-corrected chi connectivity index (χ4v) is 4.64. The first-order chi connectivity index (χ1) is 11.4. The first kappa shape index (κ1) is 16.6. The fourth-order valence-electron chi connectivity index (χ4n) is 2.96. The molecule has 1 fully saturated rings. The molecule has 8 heteroatoms. The summed E-state index contributed by atoms with van der Waals surface area (Å²) < 4.78 is 27.3. The molecular weight excluding hydrogens is 330 g/mol. The summed E-state index contributed by atoms with van der Waals surface area (Å²) in [7, 11) is -3.78. The lowest BCUT2D eigenvalue weighted by molar-refractivity contribution is -0.384. The molecule has 0 aromatic heterocycles. The second-order valence-electron chi connectivity index (χ2n) is 5.75. The predicted octanol–water partition coefficient (Wildman–Crippen LogP) is 2.06. The first-order valence-electron chi connectivity index (χ1n) is 7.46. The highest BCUT2D eigenvalue weighted by atomic mass is 32.2. The zero-order valence-electron chi connectivity index (χ0n) is 12.8. The van der Waals surface area contributed by atoms with Crippen LogP contribution in [0.2, 0.25) is 0 Å². The van der Waals surface area contributed by atoms with Gasteiger partial charge in [0.1, 0.15) is 0 Å². The van der Waals surface area contributed by atoms with Crippen LogP contribution in [-0.2, 0) is 10.0 Å². The number of nitro groups is 1. The predicted molar refractivity (Wildman–Crippen MR) is 88.8 cm³/mol. The Balaban J connectivity index is 1.96. The molecular formula is C16H17N3O4S. The summed E-state index contributed by atoms with van der Waals surface area (Å²) in [5, 5.41) is 10.7. The van der Waals surface area contributed by atoms with Crippen molar-refractivity contribution in [2.75, 3.05) is 6.54 Å². The third kappa shape index (κ3) is 3.03. The highest BCUT2D eigenvalue weighted by Crippen LogP contribution is 2.36. The van der Waals surface area contributed by atoms with Crippen molar-refractivity contribution in [3.8, 4) is 0 Å². The summed E-state index contributed by atoms with van der Waals surface area (Å²) in [5.41, 5.74) is 6.73. The monoisotopic (exact) mass is 347 g/mol. The Morgan fingerprint density at radius 3 is 2.29 bits per heavy atom. The van der Waals surface area contributed by atoms with Crippen molar-refractivity contribution in [1.29, 1.82) is 0 Å². The first-order valence-corrected chi connectivity index (χ1v) is 8.90. The van der Waals surface area contributed by atoms with Gasteiger partial charge in [-0.05, 0) is 24.1 Å². The van der Waals surface area contributed by atoms with Crippen molar-refractivity contribution >= 4 is 15.7 Å². The van der Waals surface area contributed by atoms with Gasteiger partial charge in [0.15, 0.2) is 0 Å². The van der Waals surface area contributed by atoms with E-state index in [1.807, 2.05) is 30.3 Å². The van der Waals surface area contributed by atoms with Crippen LogP contribution in [0.3, 0.4) is 0 Å². The average molecular weight is 347 g/mol. The molecule has 2 atom stereocenters. The fraction of sp³-hybridized carbons (Fsp3) is 0.250. The number of benzene rings is 2. The SMILES string of the molecule is N[C@@H]1C[C@H](c2ccccc2)N(S(=O)(=O)c2ccc([N+](=O)[O-])cc2)C1. The summed E-state index contributed by atoms with van der Waals surface area (Å²) in [5.74, 6) is 0. The van der Waals surface area contributed by atoms with Crippen LogP contribution in [0.4, 0.5) is 5.69 Å². The molecule has 0 amide bonds. The lowest BCUT2D eigenvalue weighted by Crippen LogP contribution is -2.33. The maximum atomic E-state index is 12.9. The molecule has 1 saturated heterocycles. The number of hydrogen-bond donors (Lipinski definition) is 1. The second kappa shape index (κ2) is 6.31. The van der Waals surface area contributed by atoms with Gasteiger partial charge in [0.05, 0.1) is 15.9 Å². The van der Waals surface area contributed by atoms with Gasteiger partial charge in [-0.15, -0.1) is 0 Å². The molecule has 3 rings (SSSR count). The van der Waals surface area contributed by atoms with Crippen LogP contribution in [0.15, 0.2) is 59.5 Å². The molecule has 2 aromatic rings. The van der Waals surface area contributed by atoms with Crippen molar-refractivity contribution in [1.82, 2.24) is 4.31 Å². The smallest absolute Gasteiger partial charge is 0.269 e. The number of nitro benzene ring substituents is 1. The third-order valence-electron chi connectivity index (χ3n) is 4.13. The molecule has 1 aliphatic rings. The van der Waals surface area contributed by atoms with Gasteiger partial charge in [-0.3, -0.25) is 10.1 Å². The van der Waals surface area contributed by atoms with Gasteiger partial charge >= 0.3 is 0 Å². The second-order valence-corrected chi connectivity index (χ2v) is 7.64. The van der Waals surface area contributed by atoms with Crippen LogP contribution in [0, 0.1) is 10.1 Å². The number of hydrogen-bond acceptors (Lipinski definition) is 5. The standard InChI is InChI=1S/C16H17N3O4S/c17-13-10-16(12-4-2-1-3-5-12)18(11-13)24(22,23)15-8-6-14(7-9-15)19(20)21/h1-9,13,16H,10-11,17H2/t13-,16-/m1/s1. The maximum absolute atomic E-state index is 12.9.